The van der Waals surface area contributed by atoms with Gasteiger partial charge >= 0.3 is 11.9 Å². The molecule has 1 atom stereocenters. The summed E-state index contributed by atoms with van der Waals surface area (Å²) in [5.74, 6) is -2.25. The molecule has 0 aliphatic carbocycles. The minimum Gasteiger partial charge on any atom is -0.481 e. The van der Waals surface area contributed by atoms with Gasteiger partial charge in [0.25, 0.3) is 0 Å². The number of carboxylic acids is 1. The Bertz CT molecular complexity index is 416. The van der Waals surface area contributed by atoms with Gasteiger partial charge in [-0.15, -0.1) is 0 Å². The molecule has 1 heterocycles. The second kappa shape index (κ2) is 5.89. The molecule has 0 saturated heterocycles. The molecule has 5 nitrogen and oxygen atoms in total. The number of ether oxygens (including phenoxy) is 1. The van der Waals surface area contributed by atoms with E-state index in [4.69, 9.17) is 14.3 Å². The molecule has 0 saturated carbocycles. The van der Waals surface area contributed by atoms with Crippen LogP contribution in [0.4, 0.5) is 0 Å². The molecular formula is C12H14O5. The van der Waals surface area contributed by atoms with Gasteiger partial charge in [0.1, 0.15) is 5.76 Å². The first-order chi connectivity index (χ1) is 8.06. The van der Waals surface area contributed by atoms with Gasteiger partial charge in [-0.25, -0.2) is 4.79 Å². The minimum absolute atomic E-state index is 0.0642. The van der Waals surface area contributed by atoms with Crippen molar-refractivity contribution in [3.63, 3.8) is 0 Å². The van der Waals surface area contributed by atoms with Crippen molar-refractivity contribution in [3.8, 4) is 0 Å². The van der Waals surface area contributed by atoms with Crippen molar-refractivity contribution in [3.05, 3.63) is 29.7 Å². The number of carbonyl (C=O) groups is 2. The highest BCUT2D eigenvalue weighted by Gasteiger charge is 2.24. The molecule has 1 unspecified atom stereocenters. The van der Waals surface area contributed by atoms with E-state index in [2.05, 4.69) is 0 Å². The van der Waals surface area contributed by atoms with E-state index in [0.717, 1.165) is 0 Å². The molecule has 1 rings (SSSR count). The average molecular weight is 238 g/mol. The van der Waals surface area contributed by atoms with Gasteiger partial charge in [-0.05, 0) is 32.1 Å². The quantitative estimate of drug-likeness (QED) is 0.626. The number of carbonyl (C=O) groups excluding carboxylic acids is 1. The maximum Gasteiger partial charge on any atom is 0.335 e. The summed E-state index contributed by atoms with van der Waals surface area (Å²) in [6.07, 6.45) is 2.83. The van der Waals surface area contributed by atoms with Gasteiger partial charge in [0.2, 0.25) is 0 Å². The minimum atomic E-state index is -1.09. The zero-order valence-electron chi connectivity index (χ0n) is 9.67. The first kappa shape index (κ1) is 13.0. The van der Waals surface area contributed by atoms with Gasteiger partial charge < -0.3 is 14.3 Å². The number of rotatable bonds is 5. The van der Waals surface area contributed by atoms with E-state index in [0.29, 0.717) is 5.76 Å². The fraction of sp³-hybridized carbons (Fsp3) is 0.333. The predicted octanol–water partition coefficient (Wildman–Crippen LogP) is 1.95. The first-order valence-corrected chi connectivity index (χ1v) is 5.21. The number of aliphatic carboxylic acids is 1. The Balaban J connectivity index is 3.02. The lowest BCUT2D eigenvalue weighted by molar-refractivity contribution is -0.145. The van der Waals surface area contributed by atoms with E-state index < -0.39 is 17.9 Å². The maximum absolute atomic E-state index is 11.6. The van der Waals surface area contributed by atoms with Crippen molar-refractivity contribution in [2.75, 3.05) is 6.61 Å². The third-order valence-corrected chi connectivity index (χ3v) is 2.19. The largest absolute Gasteiger partial charge is 0.481 e. The van der Waals surface area contributed by atoms with Crippen molar-refractivity contribution in [2.24, 2.45) is 5.92 Å². The molecule has 1 aromatic heterocycles. The van der Waals surface area contributed by atoms with Crippen LogP contribution in [0.1, 0.15) is 19.6 Å². The Hall–Kier alpha value is -2.04. The second-order valence-corrected chi connectivity index (χ2v) is 3.40. The molecule has 17 heavy (non-hydrogen) atoms. The van der Waals surface area contributed by atoms with Crippen LogP contribution in [0, 0.1) is 5.92 Å². The molecule has 0 radical (unpaired) electrons. The van der Waals surface area contributed by atoms with E-state index in [1.807, 2.05) is 0 Å². The fourth-order valence-corrected chi connectivity index (χ4v) is 1.23. The smallest absolute Gasteiger partial charge is 0.335 e. The van der Waals surface area contributed by atoms with E-state index in [1.165, 1.54) is 19.3 Å². The van der Waals surface area contributed by atoms with Crippen LogP contribution in [0.5, 0.6) is 0 Å². The van der Waals surface area contributed by atoms with Crippen LogP contribution in [0.3, 0.4) is 0 Å². The molecule has 1 N–H and O–H groups in total. The highest BCUT2D eigenvalue weighted by Crippen LogP contribution is 2.17. The Morgan fingerprint density at radius 3 is 2.76 bits per heavy atom. The lowest BCUT2D eigenvalue weighted by Crippen LogP contribution is -2.20. The molecule has 0 bridgehead atoms. The topological polar surface area (TPSA) is 76.7 Å². The van der Waals surface area contributed by atoms with Crippen LogP contribution in [0.25, 0.3) is 6.08 Å². The van der Waals surface area contributed by atoms with Crippen LogP contribution in [0.15, 0.2) is 28.4 Å². The maximum atomic E-state index is 11.6. The van der Waals surface area contributed by atoms with Gasteiger partial charge in [-0.2, -0.15) is 0 Å². The number of hydrogen-bond acceptors (Lipinski definition) is 4. The van der Waals surface area contributed by atoms with E-state index in [1.54, 1.807) is 19.1 Å². The number of carboxylic acid groups (broad SMARTS) is 1. The summed E-state index contributed by atoms with van der Waals surface area (Å²) in [5.41, 5.74) is 0.0642. The summed E-state index contributed by atoms with van der Waals surface area (Å²) in [7, 11) is 0. The Labute approximate surface area is 98.7 Å². The summed E-state index contributed by atoms with van der Waals surface area (Å²) in [4.78, 5) is 22.5. The third-order valence-electron chi connectivity index (χ3n) is 2.19. The monoisotopic (exact) mass is 238 g/mol. The normalized spacial score (nSPS) is 13.2. The van der Waals surface area contributed by atoms with Crippen molar-refractivity contribution >= 4 is 18.0 Å². The molecule has 0 aliphatic rings. The molecule has 1 aromatic rings. The fourth-order valence-electron chi connectivity index (χ4n) is 1.23. The molecule has 0 aliphatic heterocycles. The van der Waals surface area contributed by atoms with Crippen LogP contribution in [0.2, 0.25) is 0 Å². The molecule has 0 aromatic carbocycles. The van der Waals surface area contributed by atoms with E-state index in [9.17, 15) is 9.59 Å². The van der Waals surface area contributed by atoms with Crippen molar-refractivity contribution in [1.29, 1.82) is 0 Å². The number of esters is 1. The predicted molar refractivity (Wildman–Crippen MR) is 60.1 cm³/mol. The Morgan fingerprint density at radius 1 is 1.59 bits per heavy atom. The molecule has 0 fully saturated rings. The molecule has 0 amide bonds. The zero-order chi connectivity index (χ0) is 12.8. The van der Waals surface area contributed by atoms with Crippen molar-refractivity contribution < 1.29 is 23.8 Å². The third kappa shape index (κ3) is 3.48. The Kier molecular flexibility index (Phi) is 4.51. The first-order valence-electron chi connectivity index (χ1n) is 5.21. The van der Waals surface area contributed by atoms with Gasteiger partial charge in [-0.3, -0.25) is 4.79 Å². The van der Waals surface area contributed by atoms with Gasteiger partial charge in [-0.1, -0.05) is 0 Å². The molecule has 92 valence electrons. The van der Waals surface area contributed by atoms with Crippen molar-refractivity contribution in [1.82, 2.24) is 0 Å². The average Bonchev–Trinajstić information content (AvgIpc) is 2.77. The lowest BCUT2D eigenvalue weighted by Gasteiger charge is -2.10. The molecular weight excluding hydrogens is 224 g/mol. The molecule has 5 heteroatoms. The van der Waals surface area contributed by atoms with Crippen molar-refractivity contribution in [2.45, 2.75) is 13.8 Å². The highest BCUT2D eigenvalue weighted by molar-refractivity contribution is 5.98. The van der Waals surface area contributed by atoms with E-state index in [-0.39, 0.29) is 12.2 Å². The van der Waals surface area contributed by atoms with Crippen LogP contribution >= 0.6 is 0 Å². The summed E-state index contributed by atoms with van der Waals surface area (Å²) < 4.78 is 9.86. The van der Waals surface area contributed by atoms with Crippen LogP contribution < -0.4 is 0 Å². The van der Waals surface area contributed by atoms with Gasteiger partial charge in [0.15, 0.2) is 0 Å². The van der Waals surface area contributed by atoms with Gasteiger partial charge in [0, 0.05) is 0 Å². The highest BCUT2D eigenvalue weighted by atomic mass is 16.5. The summed E-state index contributed by atoms with van der Waals surface area (Å²) >= 11 is 0. The number of furan rings is 1. The lowest BCUT2D eigenvalue weighted by atomic mass is 10.0. The SMILES string of the molecule is CCOC(=O)/C(=C/c1ccco1)C(C)C(=O)O. The van der Waals surface area contributed by atoms with Crippen LogP contribution in [-0.2, 0) is 14.3 Å². The molecule has 0 spiro atoms. The number of hydrogen-bond donors (Lipinski definition) is 1. The summed E-state index contributed by atoms with van der Waals surface area (Å²) in [5, 5.41) is 8.92. The van der Waals surface area contributed by atoms with Gasteiger partial charge in [0.05, 0.1) is 24.4 Å². The van der Waals surface area contributed by atoms with E-state index >= 15 is 0 Å². The van der Waals surface area contributed by atoms with Crippen LogP contribution in [-0.4, -0.2) is 23.7 Å². The summed E-state index contributed by atoms with van der Waals surface area (Å²) in [6, 6.07) is 3.29. The summed E-state index contributed by atoms with van der Waals surface area (Å²) in [6.45, 7) is 3.28. The Morgan fingerprint density at radius 2 is 2.29 bits per heavy atom. The second-order valence-electron chi connectivity index (χ2n) is 3.40. The zero-order valence-corrected chi connectivity index (χ0v) is 9.67. The standard InChI is InChI=1S/C12H14O5/c1-3-16-12(15)10(8(2)11(13)14)7-9-5-4-6-17-9/h4-8H,3H2,1-2H3,(H,13,14)/b10-7+.